The van der Waals surface area contributed by atoms with Crippen molar-refractivity contribution in [3.63, 3.8) is 0 Å². The predicted octanol–water partition coefficient (Wildman–Crippen LogP) is 3.58. The van der Waals surface area contributed by atoms with E-state index in [0.717, 1.165) is 11.3 Å². The van der Waals surface area contributed by atoms with E-state index in [4.69, 9.17) is 21.1 Å². The first-order valence-electron chi connectivity index (χ1n) is 9.48. The van der Waals surface area contributed by atoms with Crippen molar-refractivity contribution in [1.29, 1.82) is 0 Å². The van der Waals surface area contributed by atoms with Crippen LogP contribution in [0.1, 0.15) is 24.1 Å². The van der Waals surface area contributed by atoms with Crippen molar-refractivity contribution in [3.05, 3.63) is 63.8 Å². The van der Waals surface area contributed by atoms with Crippen LogP contribution in [-0.2, 0) is 4.79 Å². The first-order chi connectivity index (χ1) is 14.9. The van der Waals surface area contributed by atoms with Gasteiger partial charge in [-0.3, -0.25) is 4.79 Å². The Labute approximate surface area is 184 Å². The van der Waals surface area contributed by atoms with E-state index in [0.29, 0.717) is 39.3 Å². The van der Waals surface area contributed by atoms with E-state index >= 15 is 0 Å². The van der Waals surface area contributed by atoms with Crippen LogP contribution in [-0.4, -0.2) is 40.3 Å². The highest BCUT2D eigenvalue weighted by Gasteiger charge is 2.35. The molecule has 31 heavy (non-hydrogen) atoms. The molecule has 0 saturated carbocycles. The Balaban J connectivity index is 1.83. The number of nitrogens with zero attached hydrogens (tertiary/aromatic N) is 4. The lowest BCUT2D eigenvalue weighted by Gasteiger charge is -2.28. The third kappa shape index (κ3) is 3.68. The number of carbonyl (C=O) groups is 1. The summed E-state index contributed by atoms with van der Waals surface area (Å²) in [6, 6.07) is 10.4. The fourth-order valence-corrected chi connectivity index (χ4v) is 3.91. The van der Waals surface area contributed by atoms with Gasteiger partial charge in [0.05, 0.1) is 24.8 Å². The topological polar surface area (TPSA) is 103 Å². The van der Waals surface area contributed by atoms with Crippen LogP contribution in [0.4, 0.5) is 11.6 Å². The summed E-state index contributed by atoms with van der Waals surface area (Å²) in [4.78, 5) is 13.4. The molecule has 4 rings (SSSR count). The van der Waals surface area contributed by atoms with Crippen molar-refractivity contribution in [2.45, 2.75) is 19.9 Å². The van der Waals surface area contributed by atoms with Crippen LogP contribution in [0.3, 0.4) is 0 Å². The van der Waals surface area contributed by atoms with Crippen molar-refractivity contribution in [2.75, 3.05) is 24.9 Å². The van der Waals surface area contributed by atoms with Gasteiger partial charge in [-0.15, -0.1) is 0 Å². The number of hydrogen-bond donors (Lipinski definition) is 2. The molecule has 1 atom stereocenters. The highest BCUT2D eigenvalue weighted by Crippen LogP contribution is 2.42. The predicted molar refractivity (Wildman–Crippen MR) is 117 cm³/mol. The Morgan fingerprint density at radius 1 is 1.19 bits per heavy atom. The number of halogens is 1. The number of anilines is 2. The molecule has 0 spiro atoms. The second-order valence-electron chi connectivity index (χ2n) is 7.02. The van der Waals surface area contributed by atoms with Gasteiger partial charge in [-0.25, -0.2) is 0 Å². The number of ether oxygens (including phenoxy) is 2. The molecule has 3 aromatic rings. The third-order valence-corrected chi connectivity index (χ3v) is 5.40. The molecule has 2 aromatic carbocycles. The summed E-state index contributed by atoms with van der Waals surface area (Å²) in [5, 5.41) is 18.3. The van der Waals surface area contributed by atoms with E-state index in [9.17, 15) is 4.79 Å². The summed E-state index contributed by atoms with van der Waals surface area (Å²) >= 11 is 6.45. The SMILES string of the molecule is COc1cc(C2C(C(=O)Nc3ccccc3C)=C(C)Nc3nnnn32)cc(Cl)c1OC. The Morgan fingerprint density at radius 3 is 2.68 bits per heavy atom. The molecule has 1 unspecified atom stereocenters. The molecule has 0 aliphatic carbocycles. The van der Waals surface area contributed by atoms with Crippen LogP contribution < -0.4 is 20.1 Å². The zero-order valence-electron chi connectivity index (χ0n) is 17.4. The van der Waals surface area contributed by atoms with E-state index in [-0.39, 0.29) is 5.91 Å². The van der Waals surface area contributed by atoms with Gasteiger partial charge in [0.1, 0.15) is 6.04 Å². The zero-order valence-corrected chi connectivity index (χ0v) is 18.2. The average Bonchev–Trinajstić information content (AvgIpc) is 3.21. The molecule has 2 N–H and O–H groups in total. The van der Waals surface area contributed by atoms with E-state index in [1.54, 1.807) is 19.1 Å². The number of amides is 1. The van der Waals surface area contributed by atoms with Gasteiger partial charge in [0, 0.05) is 11.4 Å². The van der Waals surface area contributed by atoms with Crippen LogP contribution in [0.5, 0.6) is 11.5 Å². The maximum Gasteiger partial charge on any atom is 0.255 e. The number of methoxy groups -OCH3 is 2. The van der Waals surface area contributed by atoms with Gasteiger partial charge in [0.15, 0.2) is 11.5 Å². The van der Waals surface area contributed by atoms with Crippen LogP contribution in [0.2, 0.25) is 5.02 Å². The second kappa shape index (κ2) is 8.27. The Kier molecular flexibility index (Phi) is 5.51. The maximum atomic E-state index is 13.4. The van der Waals surface area contributed by atoms with Gasteiger partial charge < -0.3 is 20.1 Å². The molecule has 160 valence electrons. The number of fused-ring (bicyclic) bond motifs is 1. The smallest absolute Gasteiger partial charge is 0.255 e. The largest absolute Gasteiger partial charge is 0.493 e. The number of carbonyl (C=O) groups excluding carboxylic acids is 1. The number of rotatable bonds is 5. The average molecular weight is 441 g/mol. The molecular weight excluding hydrogens is 420 g/mol. The lowest BCUT2D eigenvalue weighted by molar-refractivity contribution is -0.113. The molecule has 10 heteroatoms. The van der Waals surface area contributed by atoms with Crippen LogP contribution in [0.25, 0.3) is 0 Å². The lowest BCUT2D eigenvalue weighted by Crippen LogP contribution is -2.31. The Hall–Kier alpha value is -3.59. The maximum absolute atomic E-state index is 13.4. The van der Waals surface area contributed by atoms with Crippen LogP contribution in [0, 0.1) is 6.92 Å². The van der Waals surface area contributed by atoms with Crippen molar-refractivity contribution >= 4 is 29.1 Å². The fourth-order valence-electron chi connectivity index (χ4n) is 3.61. The monoisotopic (exact) mass is 440 g/mol. The summed E-state index contributed by atoms with van der Waals surface area (Å²) in [6.45, 7) is 3.74. The molecule has 0 bridgehead atoms. The number of aryl methyl sites for hydroxylation is 1. The summed E-state index contributed by atoms with van der Waals surface area (Å²) in [5.41, 5.74) is 3.42. The number of aromatic nitrogens is 4. The first kappa shape index (κ1) is 20.7. The molecule has 1 aliphatic rings. The minimum absolute atomic E-state index is 0.281. The van der Waals surface area contributed by atoms with Crippen molar-refractivity contribution in [2.24, 2.45) is 0 Å². The first-order valence-corrected chi connectivity index (χ1v) is 9.86. The number of benzene rings is 2. The highest BCUT2D eigenvalue weighted by atomic mass is 35.5. The number of tetrazole rings is 1. The Bertz CT molecular complexity index is 1190. The number of allylic oxidation sites excluding steroid dienone is 1. The molecular formula is C21H21ClN6O3. The summed E-state index contributed by atoms with van der Waals surface area (Å²) in [7, 11) is 3.04. The highest BCUT2D eigenvalue weighted by molar-refractivity contribution is 6.32. The van der Waals surface area contributed by atoms with Gasteiger partial charge in [-0.05, 0) is 53.6 Å². The van der Waals surface area contributed by atoms with E-state index < -0.39 is 6.04 Å². The molecule has 0 saturated heterocycles. The lowest BCUT2D eigenvalue weighted by atomic mass is 9.94. The summed E-state index contributed by atoms with van der Waals surface area (Å²) in [6.07, 6.45) is 0. The van der Waals surface area contributed by atoms with Crippen LogP contribution in [0.15, 0.2) is 47.7 Å². The second-order valence-corrected chi connectivity index (χ2v) is 7.43. The van der Waals surface area contributed by atoms with Gasteiger partial charge in [0.2, 0.25) is 5.95 Å². The normalized spacial score (nSPS) is 15.2. The van der Waals surface area contributed by atoms with Crippen molar-refractivity contribution < 1.29 is 14.3 Å². The van der Waals surface area contributed by atoms with E-state index in [2.05, 4.69) is 26.2 Å². The summed E-state index contributed by atoms with van der Waals surface area (Å²) in [5.74, 6) is 0.983. The third-order valence-electron chi connectivity index (χ3n) is 5.12. The Morgan fingerprint density at radius 2 is 1.97 bits per heavy atom. The quantitative estimate of drug-likeness (QED) is 0.625. The fraction of sp³-hybridized carbons (Fsp3) is 0.238. The summed E-state index contributed by atoms with van der Waals surface area (Å²) < 4.78 is 12.3. The number of hydrogen-bond acceptors (Lipinski definition) is 7. The minimum Gasteiger partial charge on any atom is -0.493 e. The molecule has 2 heterocycles. The molecule has 1 aliphatic heterocycles. The standard InChI is InChI=1S/C21H21ClN6O3/c1-11-7-5-6-8-15(11)24-20(29)17-12(2)23-21-25-26-27-28(21)18(17)13-9-14(22)19(31-4)16(10-13)30-3/h5-10,18H,1-4H3,(H,24,29)(H,23,25,27). The van der Waals surface area contributed by atoms with Gasteiger partial charge in [-0.2, -0.15) is 4.68 Å². The van der Waals surface area contributed by atoms with E-state index in [1.165, 1.54) is 18.9 Å². The molecule has 0 fully saturated rings. The molecule has 1 amide bonds. The molecule has 9 nitrogen and oxygen atoms in total. The van der Waals surface area contributed by atoms with Gasteiger partial charge >= 0.3 is 0 Å². The van der Waals surface area contributed by atoms with Gasteiger partial charge in [-0.1, -0.05) is 34.9 Å². The van der Waals surface area contributed by atoms with E-state index in [1.807, 2.05) is 31.2 Å². The van der Waals surface area contributed by atoms with Gasteiger partial charge in [0.25, 0.3) is 5.91 Å². The minimum atomic E-state index is -0.632. The van der Waals surface area contributed by atoms with Crippen molar-refractivity contribution in [1.82, 2.24) is 20.2 Å². The molecule has 1 aromatic heterocycles. The number of nitrogens with one attached hydrogen (secondary N) is 2. The van der Waals surface area contributed by atoms with Crippen molar-refractivity contribution in [3.8, 4) is 11.5 Å². The molecule has 0 radical (unpaired) electrons. The van der Waals surface area contributed by atoms with Crippen LogP contribution >= 0.6 is 11.6 Å². The zero-order chi connectivity index (χ0) is 22.1. The number of para-hydroxylation sites is 1.